The largest absolute Gasteiger partial charge is 0.325 e. The molecule has 9 heteroatoms. The van der Waals surface area contributed by atoms with Gasteiger partial charge in [-0.25, -0.2) is 13.4 Å². The molecule has 0 atom stereocenters. The third-order valence-electron chi connectivity index (χ3n) is 7.65. The highest BCUT2D eigenvalue weighted by atomic mass is 32.2. The fraction of sp³-hybridized carbons (Fsp3) is 0.630. The second-order valence-electron chi connectivity index (χ2n) is 11.6. The van der Waals surface area contributed by atoms with Crippen LogP contribution in [0.25, 0.3) is 11.3 Å². The Labute approximate surface area is 220 Å². The zero-order valence-corrected chi connectivity index (χ0v) is 23.8. The van der Waals surface area contributed by atoms with Crippen molar-refractivity contribution in [1.82, 2.24) is 14.2 Å². The molecular weight excluding hydrogens is 492 g/mol. The van der Waals surface area contributed by atoms with Gasteiger partial charge in [0.05, 0.1) is 23.0 Å². The number of nitrogens with zero attached hydrogens (tertiary/aromatic N) is 3. The van der Waals surface area contributed by atoms with Crippen molar-refractivity contribution in [3.05, 3.63) is 34.7 Å². The van der Waals surface area contributed by atoms with Gasteiger partial charge in [0, 0.05) is 28.7 Å². The average molecular weight is 533 g/mol. The number of carbonyl (C=O) groups is 1. The highest BCUT2D eigenvalue weighted by Crippen LogP contribution is 2.46. The maximum absolute atomic E-state index is 13.2. The molecule has 0 aliphatic carbocycles. The lowest BCUT2D eigenvalue weighted by Crippen LogP contribution is -2.59. The molecule has 4 rings (SSSR count). The van der Waals surface area contributed by atoms with E-state index in [0.717, 1.165) is 60.7 Å². The van der Waals surface area contributed by atoms with Crippen molar-refractivity contribution < 1.29 is 13.2 Å². The molecule has 7 nitrogen and oxygen atoms in total. The van der Waals surface area contributed by atoms with Gasteiger partial charge in [-0.1, -0.05) is 26.0 Å². The fourth-order valence-electron chi connectivity index (χ4n) is 5.53. The van der Waals surface area contributed by atoms with Crippen LogP contribution in [0.5, 0.6) is 0 Å². The zero-order valence-electron chi connectivity index (χ0n) is 22.2. The van der Waals surface area contributed by atoms with Crippen LogP contribution in [0, 0.1) is 18.3 Å². The van der Waals surface area contributed by atoms with Gasteiger partial charge in [-0.05, 0) is 83.0 Å². The monoisotopic (exact) mass is 532 g/mol. The maximum Gasteiger partial charge on any atom is 0.238 e. The quantitative estimate of drug-likeness (QED) is 0.543. The lowest BCUT2D eigenvalue weighted by Gasteiger charge is -2.53. The average Bonchev–Trinajstić information content (AvgIpc) is 3.23. The van der Waals surface area contributed by atoms with Gasteiger partial charge in [0.15, 0.2) is 0 Å². The van der Waals surface area contributed by atoms with E-state index in [1.807, 2.05) is 50.4 Å². The summed E-state index contributed by atoms with van der Waals surface area (Å²) in [5.74, 6) is 0.279. The van der Waals surface area contributed by atoms with Crippen molar-refractivity contribution in [2.45, 2.75) is 65.8 Å². The second kappa shape index (κ2) is 10.5. The van der Waals surface area contributed by atoms with Crippen molar-refractivity contribution in [2.75, 3.05) is 37.2 Å². The van der Waals surface area contributed by atoms with E-state index < -0.39 is 10.0 Å². The Kier molecular flexibility index (Phi) is 7.95. The van der Waals surface area contributed by atoms with E-state index in [2.05, 4.69) is 29.0 Å². The molecule has 1 amide bonds. The summed E-state index contributed by atoms with van der Waals surface area (Å²) in [7, 11) is -3.30. The number of likely N-dealkylation sites (tertiary alicyclic amines) is 1. The van der Waals surface area contributed by atoms with Gasteiger partial charge in [0.25, 0.3) is 0 Å². The summed E-state index contributed by atoms with van der Waals surface area (Å²) in [6, 6.07) is 7.81. The predicted octanol–water partition coefficient (Wildman–Crippen LogP) is 5.00. The minimum atomic E-state index is -3.30. The molecule has 36 heavy (non-hydrogen) atoms. The van der Waals surface area contributed by atoms with Gasteiger partial charge in [-0.15, -0.1) is 11.3 Å². The molecule has 2 aliphatic heterocycles. The number of aryl methyl sites for hydroxylation is 1. The number of aromatic nitrogens is 1. The normalized spacial score (nSPS) is 20.6. The first kappa shape index (κ1) is 27.2. The number of sulfonamides is 1. The van der Waals surface area contributed by atoms with Gasteiger partial charge >= 0.3 is 0 Å². The fourth-order valence-corrected chi connectivity index (χ4v) is 8.49. The molecule has 1 spiro atoms. The van der Waals surface area contributed by atoms with Crippen LogP contribution in [0.15, 0.2) is 29.6 Å². The van der Waals surface area contributed by atoms with E-state index in [-0.39, 0.29) is 28.5 Å². The summed E-state index contributed by atoms with van der Waals surface area (Å²) in [6.07, 6.45) is 3.75. The summed E-state index contributed by atoms with van der Waals surface area (Å²) in [4.78, 5) is 19.5. The van der Waals surface area contributed by atoms with Gasteiger partial charge in [0.1, 0.15) is 0 Å². The van der Waals surface area contributed by atoms with Crippen molar-refractivity contribution in [2.24, 2.45) is 11.3 Å². The number of hydrogen-bond acceptors (Lipinski definition) is 6. The zero-order chi connectivity index (χ0) is 26.1. The predicted molar refractivity (Wildman–Crippen MR) is 148 cm³/mol. The molecule has 198 valence electrons. The number of carbonyl (C=O) groups excluding carboxylic acids is 1. The van der Waals surface area contributed by atoms with Crippen molar-refractivity contribution in [1.29, 1.82) is 0 Å². The number of nitrogens with one attached hydrogen (secondary N) is 1. The number of thiazole rings is 1. The number of rotatable bonds is 7. The summed E-state index contributed by atoms with van der Waals surface area (Å²) in [5.41, 5.74) is 2.36. The highest BCUT2D eigenvalue weighted by molar-refractivity contribution is 7.89. The summed E-state index contributed by atoms with van der Waals surface area (Å²) in [6.45, 7) is 12.6. The van der Waals surface area contributed by atoms with Crippen LogP contribution in [-0.2, 0) is 14.8 Å². The minimum absolute atomic E-state index is 0.00649. The van der Waals surface area contributed by atoms with E-state index in [1.165, 1.54) is 0 Å². The molecule has 0 bridgehead atoms. The standard InChI is InChI=1S/C27H40N4O3S2/c1-20(2)18-36(33,34)31-19-27(10-9-26(31,4)5)11-13-30(14-12-27)16-25(32)29-23-8-6-7-22(15-23)24-17-35-21(3)28-24/h6-8,15,17,20H,9-14,16,18-19H2,1-5H3,(H,29,32). The number of hydrogen-bond donors (Lipinski definition) is 1. The first-order chi connectivity index (χ1) is 16.9. The number of benzene rings is 1. The second-order valence-corrected chi connectivity index (χ2v) is 14.6. The molecule has 2 fully saturated rings. The Morgan fingerprint density at radius 3 is 2.53 bits per heavy atom. The molecule has 2 aromatic rings. The Morgan fingerprint density at radius 2 is 1.89 bits per heavy atom. The Hall–Kier alpha value is -1.81. The van der Waals surface area contributed by atoms with Crippen LogP contribution in [-0.4, -0.2) is 66.0 Å². The Bertz CT molecular complexity index is 1180. The Morgan fingerprint density at radius 1 is 1.17 bits per heavy atom. The molecule has 2 aliphatic rings. The molecule has 1 aromatic carbocycles. The van der Waals surface area contributed by atoms with E-state index in [9.17, 15) is 13.2 Å². The van der Waals surface area contributed by atoms with Gasteiger partial charge in [-0.2, -0.15) is 4.31 Å². The molecule has 0 radical (unpaired) electrons. The third-order valence-corrected chi connectivity index (χ3v) is 10.8. The van der Waals surface area contributed by atoms with Crippen molar-refractivity contribution in [3.8, 4) is 11.3 Å². The van der Waals surface area contributed by atoms with Gasteiger partial charge in [0.2, 0.25) is 15.9 Å². The van der Waals surface area contributed by atoms with Crippen LogP contribution >= 0.6 is 11.3 Å². The van der Waals surface area contributed by atoms with Gasteiger partial charge < -0.3 is 5.32 Å². The van der Waals surface area contributed by atoms with Crippen LogP contribution in [0.1, 0.15) is 58.4 Å². The third kappa shape index (κ3) is 6.36. The van der Waals surface area contributed by atoms with Gasteiger partial charge in [-0.3, -0.25) is 9.69 Å². The smallest absolute Gasteiger partial charge is 0.238 e. The van der Waals surface area contributed by atoms with Crippen LogP contribution in [0.2, 0.25) is 0 Å². The SMILES string of the molecule is Cc1nc(-c2cccc(NC(=O)CN3CCC4(CC3)CCC(C)(C)N(S(=O)(=O)CC(C)C)C4)c2)cs1. The summed E-state index contributed by atoms with van der Waals surface area (Å²) >= 11 is 1.61. The molecule has 1 aromatic heterocycles. The van der Waals surface area contributed by atoms with E-state index in [1.54, 1.807) is 15.6 Å². The maximum atomic E-state index is 13.2. The summed E-state index contributed by atoms with van der Waals surface area (Å²) in [5, 5.41) is 6.09. The first-order valence-corrected chi connectivity index (χ1v) is 15.4. The number of piperidine rings is 2. The number of anilines is 1. The summed E-state index contributed by atoms with van der Waals surface area (Å²) < 4.78 is 28.2. The topological polar surface area (TPSA) is 82.6 Å². The molecule has 0 saturated carbocycles. The van der Waals surface area contributed by atoms with Crippen molar-refractivity contribution >= 4 is 33.0 Å². The van der Waals surface area contributed by atoms with E-state index in [0.29, 0.717) is 13.1 Å². The lowest BCUT2D eigenvalue weighted by molar-refractivity contribution is -0.118. The van der Waals surface area contributed by atoms with E-state index in [4.69, 9.17) is 0 Å². The molecule has 3 heterocycles. The highest BCUT2D eigenvalue weighted by Gasteiger charge is 2.48. The minimum Gasteiger partial charge on any atom is -0.325 e. The van der Waals surface area contributed by atoms with E-state index >= 15 is 0 Å². The molecule has 0 unspecified atom stereocenters. The molecule has 2 saturated heterocycles. The van der Waals surface area contributed by atoms with Crippen molar-refractivity contribution in [3.63, 3.8) is 0 Å². The van der Waals surface area contributed by atoms with Crippen LogP contribution < -0.4 is 5.32 Å². The van der Waals surface area contributed by atoms with Crippen LogP contribution in [0.4, 0.5) is 5.69 Å². The van der Waals surface area contributed by atoms with Crippen LogP contribution in [0.3, 0.4) is 0 Å². The lowest BCUT2D eigenvalue weighted by atomic mass is 9.69. The Balaban J connectivity index is 1.34. The molecule has 1 N–H and O–H groups in total. The first-order valence-electron chi connectivity index (χ1n) is 12.9. The number of amides is 1. The molecular formula is C27H40N4O3S2.